The second kappa shape index (κ2) is 4.11. The molecule has 0 aliphatic rings. The summed E-state index contributed by atoms with van der Waals surface area (Å²) in [7, 11) is 1.55. The molecular formula is C9H8BrClO2. The Balaban J connectivity index is 3.30. The third kappa shape index (κ3) is 2.23. The number of benzene rings is 1. The molecule has 0 radical (unpaired) electrons. The van der Waals surface area contributed by atoms with Crippen molar-refractivity contribution in [2.24, 2.45) is 0 Å². The van der Waals surface area contributed by atoms with Crippen molar-refractivity contribution in [2.45, 2.75) is 6.92 Å². The van der Waals surface area contributed by atoms with Gasteiger partial charge in [-0.2, -0.15) is 0 Å². The van der Waals surface area contributed by atoms with Gasteiger partial charge in [-0.1, -0.05) is 0 Å². The molecule has 0 aliphatic carbocycles. The highest BCUT2D eigenvalue weighted by atomic mass is 79.9. The molecule has 0 spiro atoms. The zero-order valence-electron chi connectivity index (χ0n) is 7.23. The molecule has 13 heavy (non-hydrogen) atoms. The molecule has 0 aromatic heterocycles. The molecule has 0 unspecified atom stereocenters. The number of halogens is 2. The van der Waals surface area contributed by atoms with E-state index in [0.29, 0.717) is 15.8 Å². The molecule has 4 heteroatoms. The van der Waals surface area contributed by atoms with Gasteiger partial charge in [0.2, 0.25) is 0 Å². The van der Waals surface area contributed by atoms with Crippen LogP contribution >= 0.6 is 27.5 Å². The van der Waals surface area contributed by atoms with Gasteiger partial charge < -0.3 is 4.74 Å². The Kier molecular flexibility index (Phi) is 3.33. The predicted molar refractivity (Wildman–Crippen MR) is 55.6 cm³/mol. The van der Waals surface area contributed by atoms with Crippen LogP contribution in [0.1, 0.15) is 15.9 Å². The highest BCUT2D eigenvalue weighted by Gasteiger charge is 2.10. The summed E-state index contributed by atoms with van der Waals surface area (Å²) in [5, 5.41) is -0.495. The second-order valence-electron chi connectivity index (χ2n) is 2.58. The quantitative estimate of drug-likeness (QED) is 0.766. The molecule has 2 nitrogen and oxygen atoms in total. The van der Waals surface area contributed by atoms with E-state index in [4.69, 9.17) is 16.3 Å². The van der Waals surface area contributed by atoms with Gasteiger partial charge in [0.1, 0.15) is 5.75 Å². The Labute approximate surface area is 90.0 Å². The third-order valence-electron chi connectivity index (χ3n) is 1.70. The van der Waals surface area contributed by atoms with E-state index in [9.17, 15) is 4.79 Å². The number of aryl methyl sites for hydroxylation is 1. The number of methoxy groups -OCH3 is 1. The lowest BCUT2D eigenvalue weighted by Crippen LogP contribution is -1.95. The van der Waals surface area contributed by atoms with E-state index in [0.717, 1.165) is 5.56 Å². The number of carbonyl (C=O) groups is 1. The van der Waals surface area contributed by atoms with E-state index in [-0.39, 0.29) is 0 Å². The highest BCUT2D eigenvalue weighted by Crippen LogP contribution is 2.27. The highest BCUT2D eigenvalue weighted by molar-refractivity contribution is 9.10. The Morgan fingerprint density at radius 2 is 2.15 bits per heavy atom. The van der Waals surface area contributed by atoms with Crippen LogP contribution in [-0.4, -0.2) is 12.4 Å². The first-order chi connectivity index (χ1) is 6.06. The van der Waals surface area contributed by atoms with Crippen LogP contribution in [-0.2, 0) is 0 Å². The van der Waals surface area contributed by atoms with Gasteiger partial charge in [-0.3, -0.25) is 4.79 Å². The summed E-state index contributed by atoms with van der Waals surface area (Å²) in [6, 6.07) is 3.42. The predicted octanol–water partition coefficient (Wildman–Crippen LogP) is 3.15. The van der Waals surface area contributed by atoms with Crippen molar-refractivity contribution >= 4 is 32.8 Å². The van der Waals surface area contributed by atoms with Gasteiger partial charge in [-0.25, -0.2) is 0 Å². The van der Waals surface area contributed by atoms with Crippen molar-refractivity contribution in [1.29, 1.82) is 0 Å². The monoisotopic (exact) mass is 262 g/mol. The van der Waals surface area contributed by atoms with Gasteiger partial charge >= 0.3 is 0 Å². The average molecular weight is 264 g/mol. The standard InChI is InChI=1S/C9H8BrClO2/c1-5-3-7(10)6(9(11)12)4-8(5)13-2/h3-4H,1-2H3. The first-order valence-corrected chi connectivity index (χ1v) is 4.77. The maximum Gasteiger partial charge on any atom is 0.253 e. The maximum absolute atomic E-state index is 10.9. The number of hydrogen-bond donors (Lipinski definition) is 0. The lowest BCUT2D eigenvalue weighted by Gasteiger charge is -2.07. The molecule has 1 aromatic rings. The summed E-state index contributed by atoms with van der Waals surface area (Å²) in [5.41, 5.74) is 1.38. The van der Waals surface area contributed by atoms with Crippen molar-refractivity contribution in [1.82, 2.24) is 0 Å². The first-order valence-electron chi connectivity index (χ1n) is 3.60. The van der Waals surface area contributed by atoms with Crippen molar-refractivity contribution in [3.05, 3.63) is 27.7 Å². The zero-order valence-corrected chi connectivity index (χ0v) is 9.57. The molecule has 1 aromatic carbocycles. The van der Waals surface area contributed by atoms with E-state index >= 15 is 0 Å². The van der Waals surface area contributed by atoms with Crippen LogP contribution in [0.25, 0.3) is 0 Å². The van der Waals surface area contributed by atoms with E-state index in [2.05, 4.69) is 15.9 Å². The second-order valence-corrected chi connectivity index (χ2v) is 3.77. The molecule has 1 rings (SSSR count). The lowest BCUT2D eigenvalue weighted by atomic mass is 10.1. The number of hydrogen-bond acceptors (Lipinski definition) is 2. The molecule has 70 valence electrons. The van der Waals surface area contributed by atoms with Gasteiger partial charge in [-0.05, 0) is 52.2 Å². The van der Waals surface area contributed by atoms with Crippen molar-refractivity contribution in [2.75, 3.05) is 7.11 Å². The molecule has 0 amide bonds. The SMILES string of the molecule is COc1cc(C(=O)Cl)c(Br)cc1C. The normalized spacial score (nSPS) is 9.85. The van der Waals surface area contributed by atoms with Crippen molar-refractivity contribution < 1.29 is 9.53 Å². The minimum atomic E-state index is -0.495. The van der Waals surface area contributed by atoms with Crippen LogP contribution < -0.4 is 4.74 Å². The summed E-state index contributed by atoms with van der Waals surface area (Å²) in [6.07, 6.45) is 0. The number of ether oxygens (including phenoxy) is 1. The third-order valence-corrected chi connectivity index (χ3v) is 2.56. The molecule has 0 saturated heterocycles. The Hall–Kier alpha value is -0.540. The zero-order chi connectivity index (χ0) is 10.0. The first kappa shape index (κ1) is 10.5. The van der Waals surface area contributed by atoms with Crippen molar-refractivity contribution in [3.8, 4) is 5.75 Å². The van der Waals surface area contributed by atoms with E-state index in [1.54, 1.807) is 19.2 Å². The summed E-state index contributed by atoms with van der Waals surface area (Å²) >= 11 is 8.62. The summed E-state index contributed by atoms with van der Waals surface area (Å²) < 4.78 is 5.75. The fourth-order valence-corrected chi connectivity index (χ4v) is 1.93. The van der Waals surface area contributed by atoms with Crippen LogP contribution in [0.15, 0.2) is 16.6 Å². The van der Waals surface area contributed by atoms with Crippen LogP contribution in [0, 0.1) is 6.92 Å². The van der Waals surface area contributed by atoms with E-state index in [1.807, 2.05) is 6.92 Å². The minimum Gasteiger partial charge on any atom is -0.496 e. The topological polar surface area (TPSA) is 26.3 Å². The summed E-state index contributed by atoms with van der Waals surface area (Å²) in [5.74, 6) is 0.659. The summed E-state index contributed by atoms with van der Waals surface area (Å²) in [6.45, 7) is 1.89. The van der Waals surface area contributed by atoms with Crippen LogP contribution in [0.2, 0.25) is 0 Å². The molecule has 0 fully saturated rings. The van der Waals surface area contributed by atoms with Gasteiger partial charge in [0, 0.05) is 4.47 Å². The van der Waals surface area contributed by atoms with Gasteiger partial charge in [0.05, 0.1) is 12.7 Å². The molecule has 0 heterocycles. The van der Waals surface area contributed by atoms with Gasteiger partial charge in [-0.15, -0.1) is 0 Å². The maximum atomic E-state index is 10.9. The largest absolute Gasteiger partial charge is 0.496 e. The lowest BCUT2D eigenvalue weighted by molar-refractivity contribution is 0.108. The van der Waals surface area contributed by atoms with E-state index < -0.39 is 5.24 Å². The molecule has 0 bridgehead atoms. The number of carbonyl (C=O) groups excluding carboxylic acids is 1. The van der Waals surface area contributed by atoms with Crippen LogP contribution in [0.3, 0.4) is 0 Å². The smallest absolute Gasteiger partial charge is 0.253 e. The van der Waals surface area contributed by atoms with Crippen LogP contribution in [0.5, 0.6) is 5.75 Å². The van der Waals surface area contributed by atoms with Crippen LogP contribution in [0.4, 0.5) is 0 Å². The number of rotatable bonds is 2. The van der Waals surface area contributed by atoms with Gasteiger partial charge in [0.25, 0.3) is 5.24 Å². The molecule has 0 atom stereocenters. The fourth-order valence-electron chi connectivity index (χ4n) is 1.02. The molecule has 0 saturated carbocycles. The molecular weight excluding hydrogens is 255 g/mol. The fraction of sp³-hybridized carbons (Fsp3) is 0.222. The molecule has 0 N–H and O–H groups in total. The average Bonchev–Trinajstić information content (AvgIpc) is 2.03. The Bertz CT molecular complexity index is 350. The van der Waals surface area contributed by atoms with Crippen molar-refractivity contribution in [3.63, 3.8) is 0 Å². The van der Waals surface area contributed by atoms with Gasteiger partial charge in [0.15, 0.2) is 0 Å². The molecule has 0 aliphatic heterocycles. The Morgan fingerprint density at radius 3 is 2.62 bits per heavy atom. The Morgan fingerprint density at radius 1 is 1.54 bits per heavy atom. The summed E-state index contributed by atoms with van der Waals surface area (Å²) in [4.78, 5) is 10.9. The van der Waals surface area contributed by atoms with E-state index in [1.165, 1.54) is 0 Å². The minimum absolute atomic E-state index is 0.420.